The van der Waals surface area contributed by atoms with E-state index in [9.17, 15) is 14.9 Å². The minimum absolute atomic E-state index is 0.0364. The molecule has 0 unspecified atom stereocenters. The maximum Gasteiger partial charge on any atom is 0.282 e. The number of hydrazone groups is 1. The van der Waals surface area contributed by atoms with Crippen LogP contribution >= 0.6 is 11.3 Å². The predicted octanol–water partition coefficient (Wildman–Crippen LogP) is 3.43. The SMILES string of the molecule is COc1cc(C=NNC(=O)Cc2csc(-c3ccccc3)n2)c([N+](=O)[O-])cc1OC. The second-order valence-electron chi connectivity index (χ2n) is 6.00. The highest BCUT2D eigenvalue weighted by Crippen LogP contribution is 2.33. The Morgan fingerprint density at radius 2 is 1.93 bits per heavy atom. The molecule has 0 radical (unpaired) electrons. The molecule has 1 heterocycles. The van der Waals surface area contributed by atoms with Crippen molar-refractivity contribution in [2.45, 2.75) is 6.42 Å². The molecule has 0 bridgehead atoms. The fraction of sp³-hybridized carbons (Fsp3) is 0.150. The van der Waals surface area contributed by atoms with Gasteiger partial charge in [0.2, 0.25) is 5.91 Å². The molecule has 9 nitrogen and oxygen atoms in total. The normalized spacial score (nSPS) is 10.7. The van der Waals surface area contributed by atoms with Crippen LogP contribution in [0.2, 0.25) is 0 Å². The van der Waals surface area contributed by atoms with E-state index >= 15 is 0 Å². The minimum Gasteiger partial charge on any atom is -0.493 e. The van der Waals surface area contributed by atoms with Crippen molar-refractivity contribution in [2.75, 3.05) is 14.2 Å². The molecular weight excluding hydrogens is 408 g/mol. The second kappa shape index (κ2) is 9.61. The Labute approximate surface area is 176 Å². The average molecular weight is 426 g/mol. The first-order valence-electron chi connectivity index (χ1n) is 8.74. The summed E-state index contributed by atoms with van der Waals surface area (Å²) in [5.74, 6) is 0.147. The van der Waals surface area contributed by atoms with Crippen molar-refractivity contribution in [1.29, 1.82) is 0 Å². The zero-order valence-corrected chi connectivity index (χ0v) is 17.0. The third-order valence-electron chi connectivity index (χ3n) is 4.04. The van der Waals surface area contributed by atoms with Crippen LogP contribution in [0.15, 0.2) is 52.9 Å². The molecule has 10 heteroatoms. The number of nitro benzene ring substituents is 1. The number of nitrogens with zero attached hydrogens (tertiary/aromatic N) is 3. The van der Waals surface area contributed by atoms with E-state index in [0.29, 0.717) is 11.4 Å². The molecule has 0 fully saturated rings. The van der Waals surface area contributed by atoms with Gasteiger partial charge in [-0.3, -0.25) is 14.9 Å². The van der Waals surface area contributed by atoms with Gasteiger partial charge in [-0.1, -0.05) is 30.3 Å². The molecule has 1 N–H and O–H groups in total. The van der Waals surface area contributed by atoms with Gasteiger partial charge in [0, 0.05) is 10.9 Å². The highest BCUT2D eigenvalue weighted by Gasteiger charge is 2.18. The molecule has 0 spiro atoms. The lowest BCUT2D eigenvalue weighted by atomic mass is 10.1. The van der Waals surface area contributed by atoms with Crippen molar-refractivity contribution in [3.63, 3.8) is 0 Å². The van der Waals surface area contributed by atoms with E-state index in [1.807, 2.05) is 35.7 Å². The smallest absolute Gasteiger partial charge is 0.282 e. The average Bonchev–Trinajstić information content (AvgIpc) is 3.22. The number of nitrogens with one attached hydrogen (secondary N) is 1. The lowest BCUT2D eigenvalue weighted by Crippen LogP contribution is -2.20. The lowest BCUT2D eigenvalue weighted by molar-refractivity contribution is -0.385. The first kappa shape index (κ1) is 20.9. The quantitative estimate of drug-likeness (QED) is 0.335. The maximum absolute atomic E-state index is 12.2. The van der Waals surface area contributed by atoms with Crippen LogP contribution in [0.25, 0.3) is 10.6 Å². The molecule has 0 aliphatic carbocycles. The van der Waals surface area contributed by atoms with Gasteiger partial charge in [0.15, 0.2) is 11.5 Å². The summed E-state index contributed by atoms with van der Waals surface area (Å²) < 4.78 is 10.2. The third kappa shape index (κ3) is 4.97. The predicted molar refractivity (Wildman–Crippen MR) is 113 cm³/mol. The van der Waals surface area contributed by atoms with Crippen molar-refractivity contribution in [1.82, 2.24) is 10.4 Å². The van der Waals surface area contributed by atoms with Gasteiger partial charge in [0.1, 0.15) is 5.01 Å². The Hall–Kier alpha value is -3.79. The molecule has 0 saturated carbocycles. The third-order valence-corrected chi connectivity index (χ3v) is 4.98. The molecule has 0 aliphatic heterocycles. The monoisotopic (exact) mass is 426 g/mol. The van der Waals surface area contributed by atoms with Gasteiger partial charge in [0.25, 0.3) is 5.69 Å². The van der Waals surface area contributed by atoms with Gasteiger partial charge in [-0.05, 0) is 6.07 Å². The largest absolute Gasteiger partial charge is 0.493 e. The van der Waals surface area contributed by atoms with Crippen LogP contribution in [0.5, 0.6) is 11.5 Å². The summed E-state index contributed by atoms with van der Waals surface area (Å²) in [5.41, 5.74) is 3.90. The van der Waals surface area contributed by atoms with Crippen molar-refractivity contribution >= 4 is 29.1 Å². The summed E-state index contributed by atoms with van der Waals surface area (Å²) in [4.78, 5) is 27.3. The van der Waals surface area contributed by atoms with Gasteiger partial charge in [-0.15, -0.1) is 11.3 Å². The molecule has 1 amide bonds. The van der Waals surface area contributed by atoms with Crippen molar-refractivity contribution < 1.29 is 19.2 Å². The van der Waals surface area contributed by atoms with E-state index in [2.05, 4.69) is 15.5 Å². The molecule has 0 atom stereocenters. The summed E-state index contributed by atoms with van der Waals surface area (Å²) in [6.45, 7) is 0. The van der Waals surface area contributed by atoms with Gasteiger partial charge in [-0.25, -0.2) is 10.4 Å². The Kier molecular flexibility index (Phi) is 6.71. The zero-order valence-electron chi connectivity index (χ0n) is 16.2. The minimum atomic E-state index is -0.564. The summed E-state index contributed by atoms with van der Waals surface area (Å²) in [7, 11) is 2.81. The fourth-order valence-electron chi connectivity index (χ4n) is 2.62. The fourth-order valence-corrected chi connectivity index (χ4v) is 3.45. The molecule has 0 saturated heterocycles. The second-order valence-corrected chi connectivity index (χ2v) is 6.86. The highest BCUT2D eigenvalue weighted by molar-refractivity contribution is 7.13. The molecule has 1 aromatic heterocycles. The van der Waals surface area contributed by atoms with Crippen molar-refractivity contribution in [3.8, 4) is 22.1 Å². The van der Waals surface area contributed by atoms with Crippen LogP contribution < -0.4 is 14.9 Å². The highest BCUT2D eigenvalue weighted by atomic mass is 32.1. The Morgan fingerprint density at radius 3 is 2.60 bits per heavy atom. The van der Waals surface area contributed by atoms with Crippen LogP contribution in [0, 0.1) is 10.1 Å². The summed E-state index contributed by atoms with van der Waals surface area (Å²) >= 11 is 1.45. The number of rotatable bonds is 8. The lowest BCUT2D eigenvalue weighted by Gasteiger charge is -2.08. The molecule has 0 aliphatic rings. The number of aromatic nitrogens is 1. The number of carbonyl (C=O) groups is 1. The molecule has 30 heavy (non-hydrogen) atoms. The van der Waals surface area contributed by atoms with E-state index < -0.39 is 4.92 Å². The Bertz CT molecular complexity index is 1080. The molecule has 3 aromatic rings. The number of hydrogen-bond acceptors (Lipinski definition) is 8. The number of hydrogen-bond donors (Lipinski definition) is 1. The van der Waals surface area contributed by atoms with Gasteiger partial charge < -0.3 is 9.47 Å². The standard InChI is InChI=1S/C20H18N4O5S/c1-28-17-8-14(16(24(26)27)10-18(17)29-2)11-21-23-19(25)9-15-12-30-20(22-15)13-6-4-3-5-7-13/h3-8,10-12H,9H2,1-2H3,(H,23,25). The summed E-state index contributed by atoms with van der Waals surface area (Å²) in [6.07, 6.45) is 1.23. The van der Waals surface area contributed by atoms with E-state index in [1.54, 1.807) is 0 Å². The summed E-state index contributed by atoms with van der Waals surface area (Å²) in [6, 6.07) is 12.3. The van der Waals surface area contributed by atoms with Crippen LogP contribution in [-0.4, -0.2) is 36.2 Å². The number of benzene rings is 2. The van der Waals surface area contributed by atoms with Crippen molar-refractivity contribution in [2.24, 2.45) is 5.10 Å². The van der Waals surface area contributed by atoms with Gasteiger partial charge in [0.05, 0.1) is 49.1 Å². The van der Waals surface area contributed by atoms with Crippen LogP contribution in [-0.2, 0) is 11.2 Å². The summed E-state index contributed by atoms with van der Waals surface area (Å²) in [5, 5.41) is 17.8. The van der Waals surface area contributed by atoms with Gasteiger partial charge >= 0.3 is 0 Å². The number of carbonyl (C=O) groups excluding carboxylic acids is 1. The number of ether oxygens (including phenoxy) is 2. The number of thiazole rings is 1. The van der Waals surface area contributed by atoms with Crippen LogP contribution in [0.1, 0.15) is 11.3 Å². The van der Waals surface area contributed by atoms with Crippen LogP contribution in [0.3, 0.4) is 0 Å². The van der Waals surface area contributed by atoms with E-state index in [1.165, 1.54) is 43.9 Å². The maximum atomic E-state index is 12.2. The molecular formula is C20H18N4O5S. The number of nitro groups is 1. The molecule has 154 valence electrons. The zero-order chi connectivity index (χ0) is 21.5. The van der Waals surface area contributed by atoms with E-state index in [4.69, 9.17) is 9.47 Å². The Morgan fingerprint density at radius 1 is 1.23 bits per heavy atom. The van der Waals surface area contributed by atoms with Crippen molar-refractivity contribution in [3.05, 3.63) is 69.2 Å². The van der Waals surface area contributed by atoms with E-state index in [-0.39, 0.29) is 29.3 Å². The first-order valence-corrected chi connectivity index (χ1v) is 9.62. The topological polar surface area (TPSA) is 116 Å². The van der Waals surface area contributed by atoms with Gasteiger partial charge in [-0.2, -0.15) is 5.10 Å². The number of methoxy groups -OCH3 is 2. The Balaban J connectivity index is 1.67. The van der Waals surface area contributed by atoms with E-state index in [0.717, 1.165) is 10.6 Å². The molecule has 2 aromatic carbocycles. The van der Waals surface area contributed by atoms with Crippen LogP contribution in [0.4, 0.5) is 5.69 Å². The first-order chi connectivity index (χ1) is 14.5. The molecule has 3 rings (SSSR count). The number of amides is 1.